The van der Waals surface area contributed by atoms with Gasteiger partial charge in [-0.3, -0.25) is 4.79 Å². The van der Waals surface area contributed by atoms with E-state index in [1.165, 1.54) is 11.0 Å². The monoisotopic (exact) mass is 533 g/mol. The van der Waals surface area contributed by atoms with E-state index in [2.05, 4.69) is 0 Å². The molecule has 3 N–H and O–H groups in total. The van der Waals surface area contributed by atoms with Crippen LogP contribution in [0, 0.1) is 16.0 Å². The number of alkyl halides is 3. The molecule has 12 heteroatoms. The first-order chi connectivity index (χ1) is 16.4. The molecule has 0 spiro atoms. The molecular weight excluding hydrogens is 510 g/mol. The van der Waals surface area contributed by atoms with Crippen molar-refractivity contribution in [1.82, 2.24) is 9.62 Å². The second kappa shape index (κ2) is 9.34. The van der Waals surface area contributed by atoms with Gasteiger partial charge in [0.05, 0.1) is 18.1 Å². The molecule has 0 radical (unpaired) electrons. The number of hydrogen-bond donors (Lipinski definition) is 3. The van der Waals surface area contributed by atoms with Crippen LogP contribution in [-0.2, 0) is 21.1 Å². The quantitative estimate of drug-likeness (QED) is 0.457. The van der Waals surface area contributed by atoms with Crippen molar-refractivity contribution < 1.29 is 31.7 Å². The van der Waals surface area contributed by atoms with Gasteiger partial charge in [-0.15, -0.1) is 0 Å². The van der Waals surface area contributed by atoms with E-state index >= 15 is 4.39 Å². The van der Waals surface area contributed by atoms with Crippen LogP contribution in [-0.4, -0.2) is 50.9 Å². The summed E-state index contributed by atoms with van der Waals surface area (Å²) in [7, 11) is -5.19. The fourth-order valence-corrected chi connectivity index (χ4v) is 5.54. The van der Waals surface area contributed by atoms with Crippen LogP contribution >= 0.6 is 11.6 Å². The number of halogens is 5. The van der Waals surface area contributed by atoms with Crippen LogP contribution in [0.1, 0.15) is 24.8 Å². The maximum Gasteiger partial charge on any atom is 0.492 e. The number of aliphatic hydroxyl groups excluding tert-OH is 1. The maximum atomic E-state index is 15.6. The van der Waals surface area contributed by atoms with Gasteiger partial charge in [0.25, 0.3) is 0 Å². The Morgan fingerprint density at radius 3 is 2.54 bits per heavy atom. The second-order valence-corrected chi connectivity index (χ2v) is 11.3. The van der Waals surface area contributed by atoms with Gasteiger partial charge in [0.15, 0.2) is 0 Å². The molecule has 1 aliphatic heterocycles. The Hall–Kier alpha value is -2.21. The van der Waals surface area contributed by atoms with Crippen LogP contribution in [0.25, 0.3) is 11.1 Å². The van der Waals surface area contributed by atoms with Crippen LogP contribution in [0.3, 0.4) is 0 Å². The van der Waals surface area contributed by atoms with Crippen molar-refractivity contribution >= 4 is 27.4 Å². The van der Waals surface area contributed by atoms with Gasteiger partial charge in [-0.25, -0.2) is 18.1 Å². The van der Waals surface area contributed by atoms with Crippen LogP contribution in [0.5, 0.6) is 0 Å². The van der Waals surface area contributed by atoms with E-state index in [4.69, 9.17) is 16.4 Å². The van der Waals surface area contributed by atoms with Crippen molar-refractivity contribution in [3.05, 3.63) is 58.9 Å². The van der Waals surface area contributed by atoms with E-state index in [0.717, 1.165) is 0 Å². The zero-order chi connectivity index (χ0) is 25.6. The Kier molecular flexibility index (Phi) is 6.91. The van der Waals surface area contributed by atoms with E-state index in [1.54, 1.807) is 36.4 Å². The number of carbonyl (C=O) groups is 1. The lowest BCUT2D eigenvalue weighted by atomic mass is 9.95. The first kappa shape index (κ1) is 25.9. The Morgan fingerprint density at radius 2 is 1.94 bits per heavy atom. The Labute approximate surface area is 205 Å². The first-order valence-electron chi connectivity index (χ1n) is 11.0. The summed E-state index contributed by atoms with van der Waals surface area (Å²) >= 11 is 6.03. The minimum atomic E-state index is -5.31. The number of hydrogen-bond acceptors (Lipinski definition) is 4. The summed E-state index contributed by atoms with van der Waals surface area (Å²) in [6.45, 7) is -0.366. The molecule has 0 bridgehead atoms. The van der Waals surface area contributed by atoms with Gasteiger partial charge in [0.2, 0.25) is 15.8 Å². The van der Waals surface area contributed by atoms with Crippen molar-refractivity contribution in [2.75, 3.05) is 13.2 Å². The molecule has 2 aromatic carbocycles. The predicted octanol–water partition coefficient (Wildman–Crippen LogP) is 4.50. The summed E-state index contributed by atoms with van der Waals surface area (Å²) in [6.07, 6.45) is 0.720. The van der Waals surface area contributed by atoms with Crippen molar-refractivity contribution in [3.8, 4) is 11.1 Å². The third-order valence-electron chi connectivity index (χ3n) is 6.70. The molecule has 190 valence electrons. The van der Waals surface area contributed by atoms with Gasteiger partial charge >= 0.3 is 5.51 Å². The first-order valence-corrected chi connectivity index (χ1v) is 12.9. The molecule has 3 atom stereocenters. The van der Waals surface area contributed by atoms with E-state index in [-0.39, 0.29) is 30.5 Å². The van der Waals surface area contributed by atoms with Crippen molar-refractivity contribution in [2.24, 2.45) is 5.41 Å². The average Bonchev–Trinajstić information content (AvgIpc) is 3.50. The van der Waals surface area contributed by atoms with Crippen LogP contribution in [0.15, 0.2) is 42.5 Å². The summed E-state index contributed by atoms with van der Waals surface area (Å²) in [5.41, 5.74) is -5.40. The number of amides is 1. The van der Waals surface area contributed by atoms with Gasteiger partial charge in [0, 0.05) is 23.2 Å². The molecule has 0 aromatic heterocycles. The second-order valence-electron chi connectivity index (χ2n) is 9.01. The maximum absolute atomic E-state index is 15.6. The highest BCUT2D eigenvalue weighted by Gasteiger charge is 2.55. The normalized spacial score (nSPS) is 23.2. The Bertz CT molecular complexity index is 1230. The van der Waals surface area contributed by atoms with Crippen molar-refractivity contribution in [1.29, 1.82) is 4.78 Å². The molecule has 1 heterocycles. The lowest BCUT2D eigenvalue weighted by molar-refractivity contribution is -0.139. The van der Waals surface area contributed by atoms with Crippen molar-refractivity contribution in [3.63, 3.8) is 0 Å². The molecule has 2 fully saturated rings. The summed E-state index contributed by atoms with van der Waals surface area (Å²) in [5.74, 6) is -1.04. The summed E-state index contributed by atoms with van der Waals surface area (Å²) in [6, 6.07) is 9.00. The highest BCUT2D eigenvalue weighted by Crippen LogP contribution is 2.48. The molecule has 2 aromatic rings. The lowest BCUT2D eigenvalue weighted by Gasteiger charge is -2.32. The molecule has 1 saturated heterocycles. The molecule has 1 aliphatic carbocycles. The van der Waals surface area contributed by atoms with Crippen molar-refractivity contribution in [2.45, 2.75) is 43.3 Å². The van der Waals surface area contributed by atoms with E-state index in [1.807, 2.05) is 4.72 Å². The van der Waals surface area contributed by atoms with Gasteiger partial charge in [-0.05, 0) is 48.9 Å². The van der Waals surface area contributed by atoms with Gasteiger partial charge in [-0.2, -0.15) is 13.2 Å². The Morgan fingerprint density at radius 1 is 1.26 bits per heavy atom. The molecule has 1 saturated carbocycles. The van der Waals surface area contributed by atoms with Crippen LogP contribution in [0.2, 0.25) is 5.02 Å². The number of nitrogens with zero attached hydrogens (tertiary/aromatic N) is 1. The molecular formula is C23H24ClF4N3O3S. The smallest absolute Gasteiger partial charge is 0.395 e. The van der Waals surface area contributed by atoms with E-state index < -0.39 is 51.3 Å². The highest BCUT2D eigenvalue weighted by molar-refractivity contribution is 7.91. The number of rotatable bonds is 7. The van der Waals surface area contributed by atoms with Gasteiger partial charge in [-0.1, -0.05) is 41.9 Å². The Balaban J connectivity index is 1.68. The van der Waals surface area contributed by atoms with Gasteiger partial charge in [0.1, 0.15) is 5.82 Å². The third-order valence-corrected chi connectivity index (χ3v) is 8.22. The molecule has 35 heavy (non-hydrogen) atoms. The third kappa shape index (κ3) is 5.04. The SMILES string of the molecule is N=S(=O)(N[C@H]1CCN(C(=O)C2(CO)CC2)[C@H]1Cc1cccc(-c2cccc(Cl)c2)c1F)C(F)(F)F. The molecule has 1 unspecified atom stereocenters. The predicted molar refractivity (Wildman–Crippen MR) is 123 cm³/mol. The van der Waals surface area contributed by atoms with Crippen LogP contribution < -0.4 is 4.72 Å². The fraction of sp³-hybridized carbons (Fsp3) is 0.435. The molecule has 2 aliphatic rings. The highest BCUT2D eigenvalue weighted by atomic mass is 35.5. The molecule has 6 nitrogen and oxygen atoms in total. The van der Waals surface area contributed by atoms with E-state index in [9.17, 15) is 27.3 Å². The minimum absolute atomic E-state index is 0.000528. The lowest BCUT2D eigenvalue weighted by Crippen LogP contribution is -2.51. The zero-order valence-electron chi connectivity index (χ0n) is 18.4. The summed E-state index contributed by atoms with van der Waals surface area (Å²) < 4.78 is 76.3. The topological polar surface area (TPSA) is 93.5 Å². The number of aliphatic hydroxyl groups is 1. The molecule has 4 rings (SSSR count). The standard InChI is InChI=1S/C23H24ClF4N3O3S/c24-16-5-1-3-14(11-16)17-6-2-4-15(20(17)25)12-19-18(30-35(29,34)23(26,27)28)7-10-31(19)21(33)22(13-32)8-9-22/h1-6,11,18-19,32H,7-10,12-13H2,(H2,29,30,34)/t18-,19-,35?/m0/s1. The zero-order valence-corrected chi connectivity index (χ0v) is 20.0. The number of benzene rings is 2. The van der Waals surface area contributed by atoms with E-state index in [0.29, 0.717) is 23.4 Å². The summed E-state index contributed by atoms with van der Waals surface area (Å²) in [5, 5.41) is 10.1. The van der Waals surface area contributed by atoms with Crippen LogP contribution in [0.4, 0.5) is 17.6 Å². The fourth-order valence-electron chi connectivity index (χ4n) is 4.51. The van der Waals surface area contributed by atoms with Gasteiger partial charge < -0.3 is 10.0 Å². The minimum Gasteiger partial charge on any atom is -0.395 e. The largest absolute Gasteiger partial charge is 0.492 e. The molecule has 1 amide bonds. The number of likely N-dealkylation sites (tertiary alicyclic amines) is 1. The summed E-state index contributed by atoms with van der Waals surface area (Å²) in [4.78, 5) is 14.5. The number of carbonyl (C=O) groups excluding carboxylic acids is 1. The average molecular weight is 534 g/mol. The number of nitrogens with one attached hydrogen (secondary N) is 2.